The van der Waals surface area contributed by atoms with Crippen LogP contribution < -0.4 is 15.4 Å². The van der Waals surface area contributed by atoms with Gasteiger partial charge in [-0.3, -0.25) is 4.90 Å². The number of aromatic nitrogens is 3. The molecule has 2 bridgehead atoms. The largest absolute Gasteiger partial charge is 0.461 e. The highest BCUT2D eigenvalue weighted by Gasteiger charge is 2.49. The molecule has 0 spiro atoms. The van der Waals surface area contributed by atoms with E-state index in [9.17, 15) is 17.6 Å². The van der Waals surface area contributed by atoms with Gasteiger partial charge in [0.1, 0.15) is 29.9 Å². The third-order valence-corrected chi connectivity index (χ3v) is 9.81. The van der Waals surface area contributed by atoms with Crippen molar-refractivity contribution in [1.82, 2.24) is 19.9 Å². The highest BCUT2D eigenvalue weighted by Crippen LogP contribution is 2.47. The second-order valence-electron chi connectivity index (χ2n) is 12.2. The van der Waals surface area contributed by atoms with Crippen LogP contribution in [0.5, 0.6) is 6.01 Å². The number of aryl methyl sites for hydroxylation is 1. The van der Waals surface area contributed by atoms with Crippen molar-refractivity contribution >= 4 is 34.1 Å². The molecule has 4 atom stereocenters. The number of halogens is 6. The second-order valence-corrected chi connectivity index (χ2v) is 12.6. The van der Waals surface area contributed by atoms with Gasteiger partial charge in [0.05, 0.1) is 27.4 Å². The number of nitrogen functional groups attached to an aromatic ring is 1. The Bertz CT molecular complexity index is 1590. The summed E-state index contributed by atoms with van der Waals surface area (Å²) < 4.78 is 79.5. The summed E-state index contributed by atoms with van der Waals surface area (Å²) >= 11 is 6.55. The van der Waals surface area contributed by atoms with Gasteiger partial charge in [-0.05, 0) is 69.2 Å². The summed E-state index contributed by atoms with van der Waals surface area (Å²) in [4.78, 5) is 17.2. The molecule has 5 heterocycles. The van der Waals surface area contributed by atoms with Crippen LogP contribution in [0.1, 0.15) is 49.7 Å². The van der Waals surface area contributed by atoms with Gasteiger partial charge in [0.2, 0.25) is 0 Å². The number of pyridine rings is 1. The highest BCUT2D eigenvalue weighted by atomic mass is 35.5. The number of alkyl halides is 4. The van der Waals surface area contributed by atoms with Gasteiger partial charge in [0.15, 0.2) is 5.82 Å². The predicted molar refractivity (Wildman–Crippen MR) is 149 cm³/mol. The van der Waals surface area contributed by atoms with E-state index in [1.54, 1.807) is 0 Å². The lowest BCUT2D eigenvalue weighted by Gasteiger charge is -2.32. The molecule has 1 aromatic carbocycles. The predicted octanol–water partition coefficient (Wildman–Crippen LogP) is 6.34. The molecule has 1 aliphatic carbocycles. The minimum absolute atomic E-state index is 0.108. The maximum Gasteiger partial charge on any atom is 0.418 e. The molecule has 4 aliphatic rings. The molecule has 0 unspecified atom stereocenters. The molecule has 3 aliphatic heterocycles. The number of ether oxygens (including phenoxy) is 1. The van der Waals surface area contributed by atoms with E-state index in [0.29, 0.717) is 31.2 Å². The number of nitrogens with zero attached hydrogens (tertiary/aromatic N) is 5. The Morgan fingerprint density at radius 3 is 2.69 bits per heavy atom. The van der Waals surface area contributed by atoms with Gasteiger partial charge < -0.3 is 15.4 Å². The molecule has 42 heavy (non-hydrogen) atoms. The molecular weight excluding hydrogens is 579 g/mol. The van der Waals surface area contributed by atoms with Crippen molar-refractivity contribution in [2.24, 2.45) is 5.92 Å². The number of piperidine rings is 1. The smallest absolute Gasteiger partial charge is 0.418 e. The van der Waals surface area contributed by atoms with Gasteiger partial charge in [0.25, 0.3) is 0 Å². The first-order valence-electron chi connectivity index (χ1n) is 14.3. The summed E-state index contributed by atoms with van der Waals surface area (Å²) in [7, 11) is 0. The fraction of sp³-hybridized carbons (Fsp3) is 0.552. The van der Waals surface area contributed by atoms with Crippen molar-refractivity contribution in [1.29, 1.82) is 0 Å². The van der Waals surface area contributed by atoms with E-state index in [4.69, 9.17) is 27.1 Å². The van der Waals surface area contributed by atoms with E-state index in [1.807, 2.05) is 0 Å². The standard InChI is InChI=1S/C29H30ClF5N6O/c1-14-7-20(36)37-25(22(14)29(33,34)35)21-19(30)9-18-24(23(21)32)38-27(39-26(18)41-11-15-3-4-17(41)8-15)42-13-28-5-2-6-40(28)12-16(31)10-28/h7,9,15-17H,2-6,8,10-13H2,1H3,(H2,36,37)/t15-,16+,17+,28+/m0/s1. The summed E-state index contributed by atoms with van der Waals surface area (Å²) in [6.45, 7) is 3.19. The average Bonchev–Trinajstić information content (AvgIpc) is 3.67. The number of anilines is 2. The van der Waals surface area contributed by atoms with Crippen LogP contribution in [0.3, 0.4) is 0 Å². The quantitative estimate of drug-likeness (QED) is 0.339. The zero-order valence-electron chi connectivity index (χ0n) is 22.9. The number of hydrogen-bond donors (Lipinski definition) is 1. The molecular formula is C29H30ClF5N6O. The normalized spacial score (nSPS) is 27.4. The zero-order chi connectivity index (χ0) is 29.6. The molecule has 13 heteroatoms. The number of nitrogens with two attached hydrogens (primary N) is 1. The van der Waals surface area contributed by atoms with Crippen molar-refractivity contribution in [3.8, 4) is 17.3 Å². The lowest BCUT2D eigenvalue weighted by Crippen LogP contribution is -2.43. The van der Waals surface area contributed by atoms with E-state index in [0.717, 1.165) is 44.7 Å². The Labute approximate surface area is 244 Å². The van der Waals surface area contributed by atoms with Crippen LogP contribution >= 0.6 is 11.6 Å². The average molecular weight is 609 g/mol. The van der Waals surface area contributed by atoms with E-state index in [2.05, 4.69) is 19.8 Å². The monoisotopic (exact) mass is 608 g/mol. The van der Waals surface area contributed by atoms with Crippen molar-refractivity contribution in [2.45, 2.75) is 69.4 Å². The van der Waals surface area contributed by atoms with E-state index < -0.39 is 40.5 Å². The molecule has 0 radical (unpaired) electrons. The molecule has 2 N–H and O–H groups in total. The minimum atomic E-state index is -4.84. The van der Waals surface area contributed by atoms with Gasteiger partial charge in [-0.1, -0.05) is 11.6 Å². The van der Waals surface area contributed by atoms with E-state index >= 15 is 4.39 Å². The van der Waals surface area contributed by atoms with Gasteiger partial charge in [0, 0.05) is 30.9 Å². The maximum atomic E-state index is 16.5. The lowest BCUT2D eigenvalue weighted by molar-refractivity contribution is -0.137. The number of benzene rings is 1. The van der Waals surface area contributed by atoms with Crippen LogP contribution in [-0.2, 0) is 6.18 Å². The molecule has 224 valence electrons. The molecule has 3 aromatic rings. The first-order valence-corrected chi connectivity index (χ1v) is 14.6. The second kappa shape index (κ2) is 9.77. The third kappa shape index (κ3) is 4.44. The number of rotatable bonds is 5. The topological polar surface area (TPSA) is 80.4 Å². The van der Waals surface area contributed by atoms with E-state index in [1.165, 1.54) is 13.0 Å². The minimum Gasteiger partial charge on any atom is -0.461 e. The van der Waals surface area contributed by atoms with Crippen LogP contribution in [0.2, 0.25) is 5.02 Å². The van der Waals surface area contributed by atoms with Crippen LogP contribution in [0, 0.1) is 18.7 Å². The summed E-state index contributed by atoms with van der Waals surface area (Å²) in [6, 6.07) is 2.58. The van der Waals surface area contributed by atoms with Gasteiger partial charge in [-0.25, -0.2) is 13.8 Å². The Morgan fingerprint density at radius 2 is 1.98 bits per heavy atom. The van der Waals surface area contributed by atoms with Crippen molar-refractivity contribution in [3.63, 3.8) is 0 Å². The third-order valence-electron chi connectivity index (χ3n) is 9.51. The fourth-order valence-electron chi connectivity index (χ4n) is 7.73. The molecule has 7 rings (SSSR count). The molecule has 1 saturated carbocycles. The SMILES string of the molecule is Cc1cc(N)nc(-c2c(Cl)cc3c(N4C[C@H]5CC[C@@H]4C5)nc(OC[C@]45CCCN4C[C@H](F)C5)nc3c2F)c1C(F)(F)F. The summed E-state index contributed by atoms with van der Waals surface area (Å²) in [5, 5.41) is 0.0204. The first kappa shape index (κ1) is 27.8. The lowest BCUT2D eigenvalue weighted by atomic mass is 9.95. The Balaban J connectivity index is 1.38. The van der Waals surface area contributed by atoms with Crippen LogP contribution in [-0.4, -0.2) is 63.8 Å². The van der Waals surface area contributed by atoms with E-state index in [-0.39, 0.29) is 46.0 Å². The molecule has 2 aromatic heterocycles. The van der Waals surface area contributed by atoms with Crippen molar-refractivity contribution in [2.75, 3.05) is 36.9 Å². The van der Waals surface area contributed by atoms with Gasteiger partial charge >= 0.3 is 12.2 Å². The first-order chi connectivity index (χ1) is 19.9. The summed E-state index contributed by atoms with van der Waals surface area (Å²) in [5.74, 6) is -0.361. The van der Waals surface area contributed by atoms with Gasteiger partial charge in [-0.15, -0.1) is 0 Å². The van der Waals surface area contributed by atoms with Gasteiger partial charge in [-0.2, -0.15) is 23.1 Å². The molecule has 7 nitrogen and oxygen atoms in total. The van der Waals surface area contributed by atoms with Crippen molar-refractivity contribution < 1.29 is 26.7 Å². The Hall–Kier alpha value is -2.99. The molecule has 4 fully saturated rings. The molecule has 3 saturated heterocycles. The highest BCUT2D eigenvalue weighted by molar-refractivity contribution is 6.34. The van der Waals surface area contributed by atoms with Crippen LogP contribution in [0.25, 0.3) is 22.2 Å². The van der Waals surface area contributed by atoms with Crippen molar-refractivity contribution in [3.05, 3.63) is 34.1 Å². The summed E-state index contributed by atoms with van der Waals surface area (Å²) in [6.07, 6.45) is -0.756. The Morgan fingerprint density at radius 1 is 1.17 bits per heavy atom. The Kier molecular flexibility index (Phi) is 6.47. The van der Waals surface area contributed by atoms with Crippen LogP contribution in [0.15, 0.2) is 12.1 Å². The fourth-order valence-corrected chi connectivity index (χ4v) is 8.01. The number of fused-ring (bicyclic) bond motifs is 4. The number of hydrogen-bond acceptors (Lipinski definition) is 7. The molecule has 0 amide bonds. The maximum absolute atomic E-state index is 16.5. The zero-order valence-corrected chi connectivity index (χ0v) is 23.7. The van der Waals surface area contributed by atoms with Crippen LogP contribution in [0.4, 0.5) is 33.6 Å². The summed E-state index contributed by atoms with van der Waals surface area (Å²) in [5.41, 5.74) is 2.54.